The maximum atomic E-state index is 13.1. The van der Waals surface area contributed by atoms with Crippen LogP contribution >= 0.6 is 7.60 Å². The lowest BCUT2D eigenvalue weighted by molar-refractivity contribution is 0.339. The third-order valence-electron chi connectivity index (χ3n) is 3.75. The quantitative estimate of drug-likeness (QED) is 0.765. The molecule has 6 heteroatoms. The first-order chi connectivity index (χ1) is 11.6. The van der Waals surface area contributed by atoms with Gasteiger partial charge < -0.3 is 19.1 Å². The largest absolute Gasteiger partial charge is 0.494 e. The molecule has 0 saturated carbocycles. The van der Waals surface area contributed by atoms with Crippen LogP contribution in [-0.4, -0.2) is 19.8 Å². The van der Waals surface area contributed by atoms with Crippen LogP contribution in [0, 0.1) is 6.92 Å². The van der Waals surface area contributed by atoms with Crippen LogP contribution in [-0.2, 0) is 13.6 Å². The van der Waals surface area contributed by atoms with E-state index in [0.29, 0.717) is 19.8 Å². The minimum Gasteiger partial charge on any atom is -0.494 e. The summed E-state index contributed by atoms with van der Waals surface area (Å²) in [7, 11) is -3.27. The van der Waals surface area contributed by atoms with Gasteiger partial charge >= 0.3 is 7.60 Å². The first kappa shape index (κ1) is 17.0. The van der Waals surface area contributed by atoms with E-state index in [1.54, 1.807) is 0 Å². The van der Waals surface area contributed by atoms with Crippen LogP contribution in [0.15, 0.2) is 48.5 Å². The Morgan fingerprint density at radius 1 is 1.17 bits per heavy atom. The molecule has 2 aromatic carbocycles. The molecule has 1 fully saturated rings. The molecule has 1 saturated heterocycles. The van der Waals surface area contributed by atoms with Crippen molar-refractivity contribution in [3.63, 3.8) is 0 Å². The van der Waals surface area contributed by atoms with Crippen LogP contribution in [0.1, 0.15) is 23.8 Å². The summed E-state index contributed by atoms with van der Waals surface area (Å²) in [6.45, 7) is 5.23. The first-order valence-corrected chi connectivity index (χ1v) is 9.67. The van der Waals surface area contributed by atoms with Crippen LogP contribution in [0.2, 0.25) is 0 Å². The fourth-order valence-corrected chi connectivity index (χ4v) is 4.56. The molecule has 0 spiro atoms. The molecule has 1 heterocycles. The molecule has 1 atom stereocenters. The molecule has 1 aliphatic heterocycles. The predicted molar refractivity (Wildman–Crippen MR) is 94.7 cm³/mol. The Morgan fingerprint density at radius 2 is 1.92 bits per heavy atom. The molecule has 0 aliphatic carbocycles. The van der Waals surface area contributed by atoms with Gasteiger partial charge in [0.1, 0.15) is 5.75 Å². The Labute approximate surface area is 142 Å². The van der Waals surface area contributed by atoms with Gasteiger partial charge in [0.05, 0.1) is 19.8 Å². The fourth-order valence-electron chi connectivity index (χ4n) is 2.70. The number of ether oxygens (including phenoxy) is 1. The molecule has 1 aliphatic rings. The standard InChI is InChI=1S/C18H22NO4P/c1-3-21-17-9-5-8-16(13-17)19-18(24(20)22-10-11-23-24)15-7-4-6-14(2)12-15/h4-9,12-13,18-19H,3,10-11H2,1-2H3/t18-/m1/s1. The van der Waals surface area contributed by atoms with Gasteiger partial charge in [0.25, 0.3) is 0 Å². The highest BCUT2D eigenvalue weighted by atomic mass is 31.2. The van der Waals surface area contributed by atoms with Gasteiger partial charge in [0.2, 0.25) is 0 Å². The second kappa shape index (κ2) is 7.39. The van der Waals surface area contributed by atoms with E-state index in [1.165, 1.54) is 0 Å². The average Bonchev–Trinajstić information content (AvgIpc) is 3.01. The van der Waals surface area contributed by atoms with Gasteiger partial charge in [-0.1, -0.05) is 35.9 Å². The molecular formula is C18H22NO4P. The molecule has 24 heavy (non-hydrogen) atoms. The van der Waals surface area contributed by atoms with Crippen molar-refractivity contribution in [1.29, 1.82) is 0 Å². The van der Waals surface area contributed by atoms with Crippen LogP contribution in [0.5, 0.6) is 5.75 Å². The van der Waals surface area contributed by atoms with Crippen molar-refractivity contribution < 1.29 is 18.3 Å². The van der Waals surface area contributed by atoms with Crippen molar-refractivity contribution in [3.8, 4) is 5.75 Å². The van der Waals surface area contributed by atoms with Crippen molar-refractivity contribution >= 4 is 13.3 Å². The van der Waals surface area contributed by atoms with Gasteiger partial charge in [0, 0.05) is 11.8 Å². The molecule has 5 nitrogen and oxygen atoms in total. The minimum absolute atomic E-state index is 0.347. The second-order valence-corrected chi connectivity index (χ2v) is 7.74. The van der Waals surface area contributed by atoms with Crippen LogP contribution in [0.3, 0.4) is 0 Å². The smallest absolute Gasteiger partial charge is 0.357 e. The number of aryl methyl sites for hydroxylation is 1. The number of rotatable bonds is 6. The zero-order valence-corrected chi connectivity index (χ0v) is 14.8. The first-order valence-electron chi connectivity index (χ1n) is 8.05. The van der Waals surface area contributed by atoms with Gasteiger partial charge in [-0.2, -0.15) is 0 Å². The van der Waals surface area contributed by atoms with Gasteiger partial charge in [-0.25, -0.2) is 0 Å². The highest BCUT2D eigenvalue weighted by molar-refractivity contribution is 7.54. The molecule has 0 unspecified atom stereocenters. The third kappa shape index (κ3) is 3.81. The number of anilines is 1. The second-order valence-electron chi connectivity index (χ2n) is 5.63. The average molecular weight is 347 g/mol. The van der Waals surface area contributed by atoms with Crippen molar-refractivity contribution in [1.82, 2.24) is 0 Å². The van der Waals surface area contributed by atoms with Crippen molar-refractivity contribution in [2.45, 2.75) is 19.6 Å². The summed E-state index contributed by atoms with van der Waals surface area (Å²) < 4.78 is 29.6. The molecular weight excluding hydrogens is 325 g/mol. The SMILES string of the molecule is CCOc1cccc(N[C@@H](c2cccc(C)c2)P2(=O)OCCO2)c1. The number of hydrogen-bond donors (Lipinski definition) is 1. The summed E-state index contributed by atoms with van der Waals surface area (Å²) in [5.41, 5.74) is 2.77. The van der Waals surface area contributed by atoms with Crippen molar-refractivity contribution in [2.24, 2.45) is 0 Å². The van der Waals surface area contributed by atoms with E-state index in [4.69, 9.17) is 13.8 Å². The fraction of sp³-hybridized carbons (Fsp3) is 0.333. The molecule has 1 N–H and O–H groups in total. The van der Waals surface area contributed by atoms with E-state index in [2.05, 4.69) is 5.32 Å². The zero-order valence-electron chi connectivity index (χ0n) is 13.9. The molecule has 0 bridgehead atoms. The lowest BCUT2D eigenvalue weighted by Crippen LogP contribution is -2.12. The van der Waals surface area contributed by atoms with Gasteiger partial charge in [-0.3, -0.25) is 4.57 Å². The molecule has 0 amide bonds. The van der Waals surface area contributed by atoms with E-state index < -0.39 is 13.4 Å². The van der Waals surface area contributed by atoms with E-state index in [-0.39, 0.29) is 0 Å². The minimum atomic E-state index is -3.27. The summed E-state index contributed by atoms with van der Waals surface area (Å²) in [6.07, 6.45) is 0. The topological polar surface area (TPSA) is 56.8 Å². The summed E-state index contributed by atoms with van der Waals surface area (Å²) in [5, 5.41) is 3.31. The molecule has 128 valence electrons. The van der Waals surface area contributed by atoms with Crippen LogP contribution in [0.4, 0.5) is 5.69 Å². The Balaban J connectivity index is 1.93. The monoisotopic (exact) mass is 347 g/mol. The molecule has 2 aromatic rings. The molecule has 0 radical (unpaired) electrons. The maximum Gasteiger partial charge on any atom is 0.357 e. The van der Waals surface area contributed by atoms with E-state index in [9.17, 15) is 4.57 Å². The number of nitrogens with one attached hydrogen (secondary N) is 1. The summed E-state index contributed by atoms with van der Waals surface area (Å²) in [5.74, 6) is 0.203. The number of hydrogen-bond acceptors (Lipinski definition) is 5. The lowest BCUT2D eigenvalue weighted by atomic mass is 10.1. The highest BCUT2D eigenvalue weighted by Crippen LogP contribution is 2.63. The normalized spacial score (nSPS) is 17.4. The third-order valence-corrected chi connectivity index (χ3v) is 5.89. The van der Waals surface area contributed by atoms with Crippen molar-refractivity contribution in [3.05, 3.63) is 59.7 Å². The Hall–Kier alpha value is -1.81. The zero-order chi connectivity index (χ0) is 17.0. The van der Waals surface area contributed by atoms with E-state index in [1.807, 2.05) is 62.4 Å². The Bertz CT molecular complexity index is 739. The van der Waals surface area contributed by atoms with Gasteiger partial charge in [0.15, 0.2) is 5.78 Å². The Kier molecular flexibility index (Phi) is 5.24. The number of benzene rings is 2. The lowest BCUT2D eigenvalue weighted by Gasteiger charge is -2.25. The maximum absolute atomic E-state index is 13.1. The molecule has 0 aromatic heterocycles. The Morgan fingerprint density at radius 3 is 2.62 bits per heavy atom. The molecule has 3 rings (SSSR count). The van der Waals surface area contributed by atoms with Gasteiger partial charge in [-0.15, -0.1) is 0 Å². The summed E-state index contributed by atoms with van der Waals surface area (Å²) in [6, 6.07) is 15.5. The van der Waals surface area contributed by atoms with Crippen LogP contribution < -0.4 is 10.1 Å². The predicted octanol–water partition coefficient (Wildman–Crippen LogP) is 4.74. The summed E-state index contributed by atoms with van der Waals surface area (Å²) in [4.78, 5) is 0. The van der Waals surface area contributed by atoms with Crippen LogP contribution in [0.25, 0.3) is 0 Å². The van der Waals surface area contributed by atoms with Crippen molar-refractivity contribution in [2.75, 3.05) is 25.1 Å². The highest BCUT2D eigenvalue weighted by Gasteiger charge is 2.41. The van der Waals surface area contributed by atoms with E-state index >= 15 is 0 Å². The van der Waals surface area contributed by atoms with Gasteiger partial charge in [-0.05, 0) is 31.5 Å². The summed E-state index contributed by atoms with van der Waals surface area (Å²) >= 11 is 0. The van der Waals surface area contributed by atoms with E-state index in [0.717, 1.165) is 22.6 Å².